The zero-order chi connectivity index (χ0) is 23.2. The van der Waals surface area contributed by atoms with Crippen LogP contribution in [-0.2, 0) is 15.4 Å². The van der Waals surface area contributed by atoms with E-state index in [2.05, 4.69) is 10.3 Å². The van der Waals surface area contributed by atoms with Crippen molar-refractivity contribution in [1.29, 1.82) is 0 Å². The van der Waals surface area contributed by atoms with Crippen molar-refractivity contribution in [3.05, 3.63) is 23.2 Å². The first-order chi connectivity index (χ1) is 14.2. The Kier molecular flexibility index (Phi) is 6.33. The number of rotatable bonds is 4. The summed E-state index contributed by atoms with van der Waals surface area (Å²) in [6.45, 7) is 7.50. The van der Waals surface area contributed by atoms with Crippen LogP contribution in [0.3, 0.4) is 0 Å². The molecule has 12 heteroatoms. The summed E-state index contributed by atoms with van der Waals surface area (Å²) < 4.78 is 33.2. The molecule has 1 aromatic heterocycles. The molecule has 0 aliphatic carbocycles. The predicted molar refractivity (Wildman–Crippen MR) is 123 cm³/mol. The molecule has 1 N–H and O–H groups in total. The summed E-state index contributed by atoms with van der Waals surface area (Å²) in [5, 5.41) is 14.4. The molecule has 1 aliphatic rings. The number of hydrogen-bond donors (Lipinski definition) is 1. The third kappa shape index (κ3) is 5.32. The molecule has 2 heterocycles. The van der Waals surface area contributed by atoms with Crippen molar-refractivity contribution in [2.24, 2.45) is 0 Å². The maximum Gasteiger partial charge on any atom is 0.298 e. The monoisotopic (exact) mass is 471 g/mol. The van der Waals surface area contributed by atoms with E-state index in [0.717, 1.165) is 18.2 Å². The minimum absolute atomic E-state index is 0.311. The highest BCUT2D eigenvalue weighted by atomic mass is 32.2. The zero-order valence-electron chi connectivity index (χ0n) is 18.6. The number of hydroxylamine groups is 3. The second kappa shape index (κ2) is 8.24. The first kappa shape index (κ1) is 23.8. The average molecular weight is 472 g/mol. The van der Waals surface area contributed by atoms with E-state index in [1.807, 2.05) is 25.1 Å². The van der Waals surface area contributed by atoms with Gasteiger partial charge in [0.05, 0.1) is 63.3 Å². The van der Waals surface area contributed by atoms with E-state index in [-0.39, 0.29) is 9.89 Å². The molecule has 1 amide bonds. The Bertz CT molecular complexity index is 1100. The highest BCUT2D eigenvalue weighted by molar-refractivity contribution is 8.11. The van der Waals surface area contributed by atoms with E-state index in [0.29, 0.717) is 54.5 Å². The summed E-state index contributed by atoms with van der Waals surface area (Å²) in [6, 6.07) is 3.19. The molecule has 10 nitrogen and oxygen atoms in total. The number of likely N-dealkylation sites (N-methyl/N-ethyl adjacent to an activating group) is 1. The second-order valence-electron chi connectivity index (χ2n) is 8.93. The number of ether oxygens (including phenoxy) is 1. The molecule has 1 saturated heterocycles. The van der Waals surface area contributed by atoms with Gasteiger partial charge in [0.2, 0.25) is 10.0 Å². The molecule has 0 atom stereocenters. The molecule has 2 aromatic rings. The zero-order valence-corrected chi connectivity index (χ0v) is 20.3. The molecular weight excluding hydrogens is 442 g/mol. The Labute approximate surface area is 186 Å². The van der Waals surface area contributed by atoms with E-state index in [4.69, 9.17) is 4.74 Å². The predicted octanol–water partition coefficient (Wildman–Crippen LogP) is 2.59. The number of imidazole rings is 1. The number of quaternary nitrogens is 1. The topological polar surface area (TPSA) is 117 Å². The Morgan fingerprint density at radius 1 is 1.29 bits per heavy atom. The molecular formula is C19H29N5O5S2. The smallest absolute Gasteiger partial charge is 0.298 e. The van der Waals surface area contributed by atoms with Gasteiger partial charge in [-0.15, -0.1) is 0 Å². The van der Waals surface area contributed by atoms with Crippen LogP contribution in [-0.4, -0.2) is 78.2 Å². The standard InChI is InChI=1S/C19H29N5O5S2/c1-19(2,3)17-20-13-12-16(29-5)14(11-15(13)23(17)31(6,27)28)21-18(25)30-22-7-9-24(4,26)10-8-22/h11-12H,7-10H2,1-6H3,(H,21,25). The van der Waals surface area contributed by atoms with Gasteiger partial charge in [-0.3, -0.25) is 4.79 Å². The van der Waals surface area contributed by atoms with Crippen molar-refractivity contribution in [1.82, 2.24) is 13.3 Å². The molecule has 0 spiro atoms. The molecule has 0 unspecified atom stereocenters. The molecule has 0 radical (unpaired) electrons. The van der Waals surface area contributed by atoms with Crippen LogP contribution in [0.2, 0.25) is 0 Å². The Balaban J connectivity index is 1.94. The fraction of sp³-hybridized carbons (Fsp3) is 0.579. The number of hydrogen-bond acceptors (Lipinski definition) is 8. The maximum absolute atomic E-state index is 12.6. The number of nitrogens with zero attached hydrogens (tertiary/aromatic N) is 4. The van der Waals surface area contributed by atoms with Gasteiger partial charge in [-0.2, -0.15) is 0 Å². The van der Waals surface area contributed by atoms with Crippen molar-refractivity contribution in [3.63, 3.8) is 0 Å². The summed E-state index contributed by atoms with van der Waals surface area (Å²) in [5.74, 6) is 0.777. The van der Waals surface area contributed by atoms with Crippen LogP contribution < -0.4 is 10.1 Å². The number of anilines is 1. The van der Waals surface area contributed by atoms with Crippen LogP contribution in [0, 0.1) is 5.21 Å². The minimum atomic E-state index is -3.64. The van der Waals surface area contributed by atoms with E-state index in [1.54, 1.807) is 19.2 Å². The molecule has 3 rings (SSSR count). The van der Waals surface area contributed by atoms with Gasteiger partial charge in [-0.25, -0.2) is 21.7 Å². The highest BCUT2D eigenvalue weighted by Crippen LogP contribution is 2.35. The lowest BCUT2D eigenvalue weighted by Crippen LogP contribution is -2.52. The van der Waals surface area contributed by atoms with Crippen LogP contribution in [0.1, 0.15) is 26.6 Å². The fourth-order valence-corrected chi connectivity index (χ4v) is 5.24. The number of methoxy groups -OCH3 is 1. The van der Waals surface area contributed by atoms with Crippen molar-refractivity contribution in [2.45, 2.75) is 26.2 Å². The Hall–Kier alpha value is -1.86. The third-order valence-electron chi connectivity index (χ3n) is 5.03. The van der Waals surface area contributed by atoms with Crippen LogP contribution in [0.15, 0.2) is 12.1 Å². The number of carbonyl (C=O) groups excluding carboxylic acids is 1. The summed E-state index contributed by atoms with van der Waals surface area (Å²) in [7, 11) is -0.547. The van der Waals surface area contributed by atoms with Crippen LogP contribution >= 0.6 is 11.9 Å². The van der Waals surface area contributed by atoms with E-state index in [9.17, 15) is 18.4 Å². The number of piperazine rings is 1. The summed E-state index contributed by atoms with van der Waals surface area (Å²) in [4.78, 5) is 17.2. The number of aromatic nitrogens is 2. The van der Waals surface area contributed by atoms with Crippen molar-refractivity contribution >= 4 is 43.9 Å². The summed E-state index contributed by atoms with van der Waals surface area (Å²) in [5.41, 5.74) is 0.656. The van der Waals surface area contributed by atoms with E-state index in [1.165, 1.54) is 11.1 Å². The first-order valence-electron chi connectivity index (χ1n) is 9.82. The third-order valence-corrected chi connectivity index (χ3v) is 6.95. The molecule has 172 valence electrons. The SMILES string of the molecule is COc1cc2nc(C(C)(C)C)n(S(C)(=O)=O)c2cc1NC(=O)SN1CC[N+](C)([O-])CC1. The number of carbonyl (C=O) groups is 1. The van der Waals surface area contributed by atoms with Crippen LogP contribution in [0.25, 0.3) is 11.0 Å². The second-order valence-corrected chi connectivity index (χ2v) is 11.8. The van der Waals surface area contributed by atoms with E-state index >= 15 is 0 Å². The summed E-state index contributed by atoms with van der Waals surface area (Å²) in [6.07, 6.45) is 1.13. The highest BCUT2D eigenvalue weighted by Gasteiger charge is 2.29. The molecule has 0 saturated carbocycles. The van der Waals surface area contributed by atoms with Gasteiger partial charge >= 0.3 is 0 Å². The molecule has 1 aromatic carbocycles. The first-order valence-corrected chi connectivity index (χ1v) is 12.4. The molecule has 1 aliphatic heterocycles. The largest absolute Gasteiger partial charge is 0.633 e. The maximum atomic E-state index is 12.6. The number of benzene rings is 1. The quantitative estimate of drug-likeness (QED) is 0.411. The average Bonchev–Trinajstić information content (AvgIpc) is 3.02. The Morgan fingerprint density at radius 3 is 2.42 bits per heavy atom. The van der Waals surface area contributed by atoms with Gasteiger partial charge in [0.25, 0.3) is 5.24 Å². The number of nitrogens with one attached hydrogen (secondary N) is 1. The lowest BCUT2D eigenvalue weighted by Gasteiger charge is -2.44. The van der Waals surface area contributed by atoms with Gasteiger partial charge in [0.1, 0.15) is 11.6 Å². The van der Waals surface area contributed by atoms with Gasteiger partial charge in [0.15, 0.2) is 0 Å². The number of amides is 1. The van der Waals surface area contributed by atoms with Crippen molar-refractivity contribution in [2.75, 3.05) is 51.9 Å². The van der Waals surface area contributed by atoms with Crippen LogP contribution in [0.5, 0.6) is 5.75 Å². The van der Waals surface area contributed by atoms with Gasteiger partial charge in [-0.05, 0) is 6.07 Å². The minimum Gasteiger partial charge on any atom is -0.633 e. The van der Waals surface area contributed by atoms with E-state index < -0.39 is 15.4 Å². The van der Waals surface area contributed by atoms with Crippen LogP contribution in [0.4, 0.5) is 10.5 Å². The van der Waals surface area contributed by atoms with Gasteiger partial charge < -0.3 is 19.9 Å². The Morgan fingerprint density at radius 2 is 1.90 bits per heavy atom. The van der Waals surface area contributed by atoms with Gasteiger partial charge in [0, 0.05) is 23.4 Å². The lowest BCUT2D eigenvalue weighted by atomic mass is 9.96. The molecule has 31 heavy (non-hydrogen) atoms. The molecule has 0 bridgehead atoms. The number of fused-ring (bicyclic) bond motifs is 1. The van der Waals surface area contributed by atoms with Gasteiger partial charge in [-0.1, -0.05) is 20.8 Å². The fourth-order valence-electron chi connectivity index (χ4n) is 3.37. The molecule has 1 fully saturated rings. The van der Waals surface area contributed by atoms with Crippen molar-refractivity contribution in [3.8, 4) is 5.75 Å². The summed E-state index contributed by atoms with van der Waals surface area (Å²) >= 11 is 0.998. The normalized spacial score (nSPS) is 17.6. The lowest BCUT2D eigenvalue weighted by molar-refractivity contribution is -0.864. The van der Waals surface area contributed by atoms with Crippen molar-refractivity contribution < 1.29 is 22.6 Å².